The second-order valence-corrected chi connectivity index (χ2v) is 4.57. The third-order valence-corrected chi connectivity index (χ3v) is 3.04. The summed E-state index contributed by atoms with van der Waals surface area (Å²) in [6.45, 7) is 1.39. The summed E-state index contributed by atoms with van der Waals surface area (Å²) in [5.74, 6) is 0. The van der Waals surface area contributed by atoms with E-state index in [1.165, 1.54) is 12.4 Å². The van der Waals surface area contributed by atoms with Crippen LogP contribution in [0.1, 0.15) is 11.3 Å². The van der Waals surface area contributed by atoms with Crippen molar-refractivity contribution in [3.05, 3.63) is 72.3 Å². The van der Waals surface area contributed by atoms with Crippen LogP contribution in [0.25, 0.3) is 0 Å². The Balaban J connectivity index is 0.00000264. The van der Waals surface area contributed by atoms with E-state index >= 15 is 0 Å². The van der Waals surface area contributed by atoms with Crippen molar-refractivity contribution >= 4 is 12.4 Å². The highest BCUT2D eigenvalue weighted by atomic mass is 79.9. The summed E-state index contributed by atoms with van der Waals surface area (Å²) >= 11 is 0. The molecule has 0 aromatic carbocycles. The molecule has 0 aliphatic carbocycles. The minimum Gasteiger partial charge on any atom is -1.00 e. The zero-order valence-corrected chi connectivity index (χ0v) is 16.0. The van der Waals surface area contributed by atoms with Gasteiger partial charge in [-0.05, 0) is 24.3 Å². The van der Waals surface area contributed by atoms with E-state index < -0.39 is 0 Å². The Morgan fingerprint density at radius 3 is 2.38 bits per heavy atom. The van der Waals surface area contributed by atoms with Crippen molar-refractivity contribution in [2.75, 3.05) is 0 Å². The van der Waals surface area contributed by atoms with Crippen molar-refractivity contribution in [2.24, 2.45) is 10.3 Å². The topological polar surface area (TPSA) is 72.9 Å². The largest absolute Gasteiger partial charge is 1.00 e. The highest BCUT2D eigenvalue weighted by Crippen LogP contribution is 1.91. The average Bonchev–Trinajstić information content (AvgIpc) is 2.54. The quantitative estimate of drug-likeness (QED) is 0.150. The Bertz CT molecular complexity index is 706. The van der Waals surface area contributed by atoms with Crippen molar-refractivity contribution in [3.63, 3.8) is 0 Å². The molecule has 0 aliphatic rings. The molecule has 6 nitrogen and oxygen atoms in total. The van der Waals surface area contributed by atoms with Gasteiger partial charge in [-0.25, -0.2) is 4.57 Å². The Kier molecular flexibility index (Phi) is 11.3. The summed E-state index contributed by atoms with van der Waals surface area (Å²) in [5, 5.41) is 23.3. The predicted molar refractivity (Wildman–Crippen MR) is 81.2 cm³/mol. The first kappa shape index (κ1) is 21.9. The van der Waals surface area contributed by atoms with Gasteiger partial charge in [0.25, 0.3) is 0 Å². The van der Waals surface area contributed by atoms with E-state index in [1.807, 2.05) is 70.2 Å². The molecular weight excluding hydrogens is 440 g/mol. The molecule has 0 saturated carbocycles. The SMILES string of the molecule is O/N=C/c1ccc[n+](C/C=C\C[n+]2ccccc2/C=N/O)c1.[Br-].[Br-]. The molecule has 0 radical (unpaired) electrons. The van der Waals surface area contributed by atoms with Gasteiger partial charge in [-0.2, -0.15) is 4.57 Å². The van der Waals surface area contributed by atoms with Gasteiger partial charge in [0.2, 0.25) is 5.69 Å². The maximum Gasteiger partial charge on any atom is 0.227 e. The lowest BCUT2D eigenvalue weighted by Crippen LogP contribution is -3.00. The normalized spacial score (nSPS) is 10.8. The maximum absolute atomic E-state index is 8.64. The molecule has 2 rings (SSSR count). The third-order valence-electron chi connectivity index (χ3n) is 3.04. The second-order valence-electron chi connectivity index (χ2n) is 4.57. The number of rotatable bonds is 6. The fourth-order valence-electron chi connectivity index (χ4n) is 2.02. The number of pyridine rings is 2. The predicted octanol–water partition coefficient (Wildman–Crippen LogP) is -4.86. The molecule has 0 unspecified atom stereocenters. The monoisotopic (exact) mass is 456 g/mol. The van der Waals surface area contributed by atoms with Gasteiger partial charge in [-0.15, -0.1) is 0 Å². The third kappa shape index (κ3) is 7.01. The molecule has 2 aromatic heterocycles. The van der Waals surface area contributed by atoms with Crippen LogP contribution in [-0.4, -0.2) is 22.8 Å². The first-order valence-electron chi connectivity index (χ1n) is 6.81. The number of hydrogen-bond acceptors (Lipinski definition) is 4. The molecule has 0 spiro atoms. The molecule has 24 heavy (non-hydrogen) atoms. The number of allylic oxidation sites excluding steroid dienone is 2. The Morgan fingerprint density at radius 2 is 1.62 bits per heavy atom. The Labute approximate surface area is 161 Å². The van der Waals surface area contributed by atoms with Crippen LogP contribution in [0.2, 0.25) is 0 Å². The van der Waals surface area contributed by atoms with E-state index in [0.717, 1.165) is 11.3 Å². The lowest BCUT2D eigenvalue weighted by Gasteiger charge is -1.96. The number of nitrogens with zero attached hydrogens (tertiary/aromatic N) is 4. The minimum atomic E-state index is 0. The average molecular weight is 458 g/mol. The fourth-order valence-corrected chi connectivity index (χ4v) is 2.02. The summed E-state index contributed by atoms with van der Waals surface area (Å²) in [6.07, 6.45) is 12.6. The van der Waals surface area contributed by atoms with Crippen molar-refractivity contribution in [1.29, 1.82) is 0 Å². The molecule has 2 N–H and O–H groups in total. The number of hydrogen-bond donors (Lipinski definition) is 2. The molecular formula is C16H18Br2N4O2. The van der Waals surface area contributed by atoms with E-state index in [1.54, 1.807) is 0 Å². The molecule has 8 heteroatoms. The molecule has 0 aliphatic heterocycles. The lowest BCUT2D eigenvalue weighted by molar-refractivity contribution is -0.691. The van der Waals surface area contributed by atoms with E-state index in [9.17, 15) is 0 Å². The van der Waals surface area contributed by atoms with Crippen LogP contribution < -0.4 is 43.1 Å². The van der Waals surface area contributed by atoms with Crippen molar-refractivity contribution in [2.45, 2.75) is 13.1 Å². The lowest BCUT2D eigenvalue weighted by atomic mass is 10.3. The second kappa shape index (κ2) is 12.4. The van der Waals surface area contributed by atoms with Crippen LogP contribution in [0, 0.1) is 0 Å². The summed E-state index contributed by atoms with van der Waals surface area (Å²) < 4.78 is 3.95. The van der Waals surface area contributed by atoms with Crippen LogP contribution in [0.15, 0.2) is 71.4 Å². The van der Waals surface area contributed by atoms with Crippen molar-refractivity contribution < 1.29 is 53.5 Å². The van der Waals surface area contributed by atoms with Crippen LogP contribution in [0.5, 0.6) is 0 Å². The zero-order valence-electron chi connectivity index (χ0n) is 12.8. The van der Waals surface area contributed by atoms with Crippen molar-refractivity contribution in [3.8, 4) is 0 Å². The summed E-state index contributed by atoms with van der Waals surface area (Å²) in [7, 11) is 0. The Hall–Kier alpha value is -2.06. The molecule has 128 valence electrons. The van der Waals surface area contributed by atoms with Gasteiger partial charge in [0.05, 0.1) is 11.8 Å². The van der Waals surface area contributed by atoms with Gasteiger partial charge in [-0.3, -0.25) is 0 Å². The summed E-state index contributed by atoms with van der Waals surface area (Å²) in [6, 6.07) is 9.45. The molecule has 2 heterocycles. The summed E-state index contributed by atoms with van der Waals surface area (Å²) in [4.78, 5) is 0. The van der Waals surface area contributed by atoms with Gasteiger partial charge < -0.3 is 44.4 Å². The number of aromatic nitrogens is 2. The van der Waals surface area contributed by atoms with Crippen LogP contribution in [0.3, 0.4) is 0 Å². The van der Waals surface area contributed by atoms with Crippen LogP contribution in [0.4, 0.5) is 0 Å². The van der Waals surface area contributed by atoms with E-state index in [2.05, 4.69) is 10.3 Å². The van der Waals surface area contributed by atoms with Gasteiger partial charge in [0.15, 0.2) is 31.7 Å². The van der Waals surface area contributed by atoms with E-state index in [0.29, 0.717) is 13.1 Å². The van der Waals surface area contributed by atoms with Crippen LogP contribution in [-0.2, 0) is 13.1 Å². The van der Waals surface area contributed by atoms with Gasteiger partial charge in [0.1, 0.15) is 6.21 Å². The van der Waals surface area contributed by atoms with Crippen LogP contribution >= 0.6 is 0 Å². The molecule has 2 aromatic rings. The molecule has 0 amide bonds. The van der Waals surface area contributed by atoms with Gasteiger partial charge >= 0.3 is 0 Å². The van der Waals surface area contributed by atoms with Gasteiger partial charge in [0, 0.05) is 18.2 Å². The van der Waals surface area contributed by atoms with E-state index in [4.69, 9.17) is 10.4 Å². The van der Waals surface area contributed by atoms with Gasteiger partial charge in [-0.1, -0.05) is 10.3 Å². The minimum absolute atomic E-state index is 0. The fraction of sp³-hybridized carbons (Fsp3) is 0.125. The Morgan fingerprint density at radius 1 is 0.875 bits per heavy atom. The zero-order chi connectivity index (χ0) is 15.6. The van der Waals surface area contributed by atoms with Crippen molar-refractivity contribution in [1.82, 2.24) is 0 Å². The van der Waals surface area contributed by atoms with E-state index in [-0.39, 0.29) is 34.0 Å². The molecule has 0 fully saturated rings. The number of oxime groups is 2. The first-order chi connectivity index (χ1) is 10.8. The number of halogens is 2. The molecule has 0 atom stereocenters. The highest BCUT2D eigenvalue weighted by Gasteiger charge is 2.05. The maximum atomic E-state index is 8.64. The molecule has 0 bridgehead atoms. The summed E-state index contributed by atoms with van der Waals surface area (Å²) in [5.41, 5.74) is 1.65. The standard InChI is InChI=1S/C16H16N4O2.2BrH/c21-17-12-15-6-5-9-19(14-15)8-3-4-11-20-10-2-1-7-16(20)13-18-22;;/h1-7,9-10,12-14H,8,11H2;2*1H/b4-3-,17-12+;;. The smallest absolute Gasteiger partial charge is 0.227 e. The highest BCUT2D eigenvalue weighted by molar-refractivity contribution is 5.77. The first-order valence-corrected chi connectivity index (χ1v) is 6.81. The molecule has 0 saturated heterocycles.